The zero-order valence-electron chi connectivity index (χ0n) is 17.4. The number of amides is 1. The van der Waals surface area contributed by atoms with Crippen LogP contribution in [0.4, 0.5) is 10.1 Å². The molecule has 33 heavy (non-hydrogen) atoms. The van der Waals surface area contributed by atoms with Gasteiger partial charge in [-0.3, -0.25) is 9.59 Å². The SMILES string of the molecule is COc1ccc(CNC(=O)c2ccc3c(c2)C(=O)/C(=C/c2ccc(Cl)c(F)c2)[S+]([O-])N3)cc1. The zero-order valence-corrected chi connectivity index (χ0v) is 18.9. The van der Waals surface area contributed by atoms with Crippen molar-refractivity contribution in [3.8, 4) is 5.75 Å². The molecule has 1 unspecified atom stereocenters. The van der Waals surface area contributed by atoms with Gasteiger partial charge < -0.3 is 14.6 Å². The maximum absolute atomic E-state index is 13.8. The Balaban J connectivity index is 1.54. The number of fused-ring (bicyclic) bond motifs is 1. The largest absolute Gasteiger partial charge is 0.588 e. The third-order valence-corrected chi connectivity index (χ3v) is 6.42. The smallest absolute Gasteiger partial charge is 0.251 e. The van der Waals surface area contributed by atoms with Gasteiger partial charge in [-0.2, -0.15) is 0 Å². The Bertz CT molecular complexity index is 1260. The van der Waals surface area contributed by atoms with E-state index in [1.54, 1.807) is 25.3 Å². The van der Waals surface area contributed by atoms with E-state index < -0.39 is 23.0 Å². The van der Waals surface area contributed by atoms with Crippen molar-refractivity contribution in [3.63, 3.8) is 0 Å². The number of hydrogen-bond acceptors (Lipinski definition) is 5. The minimum absolute atomic E-state index is 0.0537. The van der Waals surface area contributed by atoms with Gasteiger partial charge in [0.05, 0.1) is 23.4 Å². The number of benzene rings is 3. The standard InChI is InChI=1S/C24H18ClFN2O4S/c1-32-17-6-2-14(3-7-17)13-27-24(30)16-5-9-21-18(12-16)23(29)22(33(31)28-21)11-15-4-8-19(25)20(26)10-15/h2-12,28H,13H2,1H3,(H,27,30)/b22-11-. The topological polar surface area (TPSA) is 90.5 Å². The highest BCUT2D eigenvalue weighted by Crippen LogP contribution is 2.32. The molecule has 0 fully saturated rings. The van der Waals surface area contributed by atoms with Gasteiger partial charge in [-0.05, 0) is 53.6 Å². The predicted molar refractivity (Wildman–Crippen MR) is 126 cm³/mol. The van der Waals surface area contributed by atoms with Crippen LogP contribution in [0.3, 0.4) is 0 Å². The van der Waals surface area contributed by atoms with Gasteiger partial charge in [-0.1, -0.05) is 29.8 Å². The third-order valence-electron chi connectivity index (χ3n) is 5.01. The van der Waals surface area contributed by atoms with Crippen LogP contribution in [0.1, 0.15) is 31.8 Å². The highest BCUT2D eigenvalue weighted by atomic mass is 35.5. The van der Waals surface area contributed by atoms with E-state index in [9.17, 15) is 18.5 Å². The second-order valence-electron chi connectivity index (χ2n) is 7.17. The molecule has 1 heterocycles. The molecule has 1 aliphatic heterocycles. The first-order chi connectivity index (χ1) is 15.9. The van der Waals surface area contributed by atoms with Gasteiger partial charge in [0.2, 0.25) is 10.7 Å². The van der Waals surface area contributed by atoms with Crippen molar-refractivity contribution in [1.82, 2.24) is 5.32 Å². The molecule has 6 nitrogen and oxygen atoms in total. The summed E-state index contributed by atoms with van der Waals surface area (Å²) in [6.45, 7) is 0.295. The Morgan fingerprint density at radius 3 is 2.64 bits per heavy atom. The average Bonchev–Trinajstić information content (AvgIpc) is 2.82. The van der Waals surface area contributed by atoms with E-state index in [2.05, 4.69) is 10.0 Å². The Kier molecular flexibility index (Phi) is 6.69. The first-order valence-corrected chi connectivity index (χ1v) is 11.3. The van der Waals surface area contributed by atoms with Crippen LogP contribution in [0.15, 0.2) is 65.6 Å². The second kappa shape index (κ2) is 9.66. The monoisotopic (exact) mass is 484 g/mol. The first kappa shape index (κ1) is 22.8. The predicted octanol–water partition coefficient (Wildman–Crippen LogP) is 4.73. The molecular formula is C24H18ClFN2O4S. The summed E-state index contributed by atoms with van der Waals surface area (Å²) in [4.78, 5) is 25.6. The van der Waals surface area contributed by atoms with Gasteiger partial charge in [-0.25, -0.2) is 9.11 Å². The first-order valence-electron chi connectivity index (χ1n) is 9.81. The van der Waals surface area contributed by atoms with E-state index in [4.69, 9.17) is 16.3 Å². The molecule has 0 radical (unpaired) electrons. The molecule has 1 amide bonds. The van der Waals surface area contributed by atoms with E-state index in [1.807, 2.05) is 12.1 Å². The molecular weight excluding hydrogens is 467 g/mol. The lowest BCUT2D eigenvalue weighted by atomic mass is 10.0. The molecule has 4 rings (SSSR count). The van der Waals surface area contributed by atoms with E-state index in [0.717, 1.165) is 11.6 Å². The van der Waals surface area contributed by atoms with Crippen LogP contribution in [0, 0.1) is 5.82 Å². The number of nitrogens with one attached hydrogen (secondary N) is 2. The minimum atomic E-state index is -1.84. The summed E-state index contributed by atoms with van der Waals surface area (Å²) in [6.07, 6.45) is 1.34. The van der Waals surface area contributed by atoms with Crippen molar-refractivity contribution in [3.05, 3.63) is 98.7 Å². The van der Waals surface area contributed by atoms with Crippen molar-refractivity contribution >= 4 is 46.4 Å². The van der Waals surface area contributed by atoms with Crippen LogP contribution in [-0.2, 0) is 17.9 Å². The summed E-state index contributed by atoms with van der Waals surface area (Å²) in [5, 5.41) is 2.75. The van der Waals surface area contributed by atoms with E-state index >= 15 is 0 Å². The highest BCUT2D eigenvalue weighted by molar-refractivity contribution is 7.97. The number of ether oxygens (including phenoxy) is 1. The van der Waals surface area contributed by atoms with Gasteiger partial charge in [0.1, 0.15) is 22.9 Å². The Labute approximate surface area is 197 Å². The van der Waals surface area contributed by atoms with Crippen LogP contribution < -0.4 is 14.8 Å². The summed E-state index contributed by atoms with van der Waals surface area (Å²) in [5.74, 6) is -0.807. The number of halogens is 2. The number of carbonyl (C=O) groups is 2. The van der Waals surface area contributed by atoms with E-state index in [1.165, 1.54) is 30.3 Å². The van der Waals surface area contributed by atoms with Crippen LogP contribution in [0.5, 0.6) is 5.75 Å². The molecule has 0 saturated heterocycles. The fourth-order valence-corrected chi connectivity index (χ4v) is 4.36. The quantitative estimate of drug-likeness (QED) is 0.403. The van der Waals surface area contributed by atoms with E-state index in [0.29, 0.717) is 23.5 Å². The van der Waals surface area contributed by atoms with Crippen molar-refractivity contribution in [2.45, 2.75) is 6.54 Å². The van der Waals surface area contributed by atoms with Crippen LogP contribution in [-0.4, -0.2) is 23.4 Å². The van der Waals surface area contributed by atoms with Crippen molar-refractivity contribution in [2.75, 3.05) is 11.8 Å². The number of carbonyl (C=O) groups excluding carboxylic acids is 2. The van der Waals surface area contributed by atoms with Gasteiger partial charge in [0.15, 0.2) is 0 Å². The molecule has 1 aliphatic rings. The van der Waals surface area contributed by atoms with Crippen LogP contribution in [0.2, 0.25) is 5.02 Å². The van der Waals surface area contributed by atoms with Gasteiger partial charge in [0.25, 0.3) is 5.91 Å². The number of methoxy groups -OCH3 is 1. The molecule has 0 aliphatic carbocycles. The number of ketones is 1. The molecule has 1 atom stereocenters. The Hall–Kier alpha value is -3.33. The molecule has 0 bridgehead atoms. The minimum Gasteiger partial charge on any atom is -0.588 e. The molecule has 3 aromatic rings. The number of hydrogen-bond donors (Lipinski definition) is 2. The maximum atomic E-state index is 13.8. The maximum Gasteiger partial charge on any atom is 0.251 e. The number of rotatable bonds is 5. The van der Waals surface area contributed by atoms with Crippen LogP contribution in [0.25, 0.3) is 6.08 Å². The van der Waals surface area contributed by atoms with Gasteiger partial charge in [-0.15, -0.1) is 0 Å². The summed E-state index contributed by atoms with van der Waals surface area (Å²) in [5.41, 5.74) is 2.06. The lowest BCUT2D eigenvalue weighted by molar-refractivity contribution is 0.0951. The number of Topliss-reactive ketones (excluding diaryl/α,β-unsaturated/α-hetero) is 1. The molecule has 0 aromatic heterocycles. The Morgan fingerprint density at radius 1 is 1.18 bits per heavy atom. The normalized spacial score (nSPS) is 16.2. The highest BCUT2D eigenvalue weighted by Gasteiger charge is 2.34. The molecule has 2 N–H and O–H groups in total. The molecule has 168 valence electrons. The van der Waals surface area contributed by atoms with Gasteiger partial charge >= 0.3 is 0 Å². The van der Waals surface area contributed by atoms with Gasteiger partial charge in [0, 0.05) is 18.2 Å². The Morgan fingerprint density at radius 2 is 1.94 bits per heavy atom. The summed E-state index contributed by atoms with van der Waals surface area (Å²) >= 11 is 3.86. The van der Waals surface area contributed by atoms with Crippen molar-refractivity contribution in [2.24, 2.45) is 0 Å². The molecule has 9 heteroatoms. The second-order valence-corrected chi connectivity index (χ2v) is 8.76. The molecule has 0 spiro atoms. The third kappa shape index (κ3) is 5.03. The molecule has 3 aromatic carbocycles. The lowest BCUT2D eigenvalue weighted by Crippen LogP contribution is -2.28. The van der Waals surface area contributed by atoms with Crippen molar-refractivity contribution in [1.29, 1.82) is 0 Å². The summed E-state index contributed by atoms with van der Waals surface area (Å²) in [6, 6.07) is 15.8. The fraction of sp³-hybridized carbons (Fsp3) is 0.0833. The fourth-order valence-electron chi connectivity index (χ4n) is 3.23. The molecule has 0 saturated carbocycles. The summed E-state index contributed by atoms with van der Waals surface area (Å²) in [7, 11) is 1.58. The van der Waals surface area contributed by atoms with Crippen LogP contribution >= 0.6 is 11.6 Å². The van der Waals surface area contributed by atoms with Crippen molar-refractivity contribution < 1.29 is 23.3 Å². The summed E-state index contributed by atoms with van der Waals surface area (Å²) < 4.78 is 34.2. The number of allylic oxidation sites excluding steroid dienone is 1. The lowest BCUT2D eigenvalue weighted by Gasteiger charge is -2.21. The number of anilines is 1. The average molecular weight is 485 g/mol. The van der Waals surface area contributed by atoms with E-state index in [-0.39, 0.29) is 27.0 Å². The zero-order chi connectivity index (χ0) is 23.5.